The molecule has 138 valence electrons. The van der Waals surface area contributed by atoms with Crippen molar-refractivity contribution in [1.82, 2.24) is 9.55 Å². The third kappa shape index (κ3) is 3.38. The molecule has 0 unspecified atom stereocenters. The van der Waals surface area contributed by atoms with E-state index in [4.69, 9.17) is 16.6 Å². The Bertz CT molecular complexity index is 1060. The summed E-state index contributed by atoms with van der Waals surface area (Å²) >= 11 is 5.90. The highest BCUT2D eigenvalue weighted by molar-refractivity contribution is 6.31. The first kappa shape index (κ1) is 17.5. The SMILES string of the molecule is O=C(Nc1ccc2c(c1)nc1n2CCCCC1)c1cc(Cl)ccc1[N+](=O)[O-]. The molecule has 0 spiro atoms. The summed E-state index contributed by atoms with van der Waals surface area (Å²) in [7, 11) is 0. The van der Waals surface area contributed by atoms with Crippen molar-refractivity contribution in [2.45, 2.75) is 32.2 Å². The lowest BCUT2D eigenvalue weighted by Gasteiger charge is -2.07. The van der Waals surface area contributed by atoms with E-state index in [0.717, 1.165) is 42.7 Å². The number of halogens is 1. The first-order valence-electron chi connectivity index (χ1n) is 8.77. The number of carbonyl (C=O) groups is 1. The zero-order valence-corrected chi connectivity index (χ0v) is 15.2. The number of benzene rings is 2. The molecule has 0 fully saturated rings. The number of fused-ring (bicyclic) bond motifs is 3. The normalized spacial score (nSPS) is 13.8. The van der Waals surface area contributed by atoms with Crippen molar-refractivity contribution in [3.63, 3.8) is 0 Å². The minimum atomic E-state index is -0.596. The van der Waals surface area contributed by atoms with Gasteiger partial charge in [-0.3, -0.25) is 14.9 Å². The molecule has 0 saturated heterocycles. The van der Waals surface area contributed by atoms with Crippen LogP contribution >= 0.6 is 11.6 Å². The van der Waals surface area contributed by atoms with Gasteiger partial charge in [-0.25, -0.2) is 4.98 Å². The van der Waals surface area contributed by atoms with E-state index in [0.29, 0.717) is 5.69 Å². The topological polar surface area (TPSA) is 90.1 Å². The Hall–Kier alpha value is -2.93. The number of nitro groups is 1. The predicted molar refractivity (Wildman–Crippen MR) is 103 cm³/mol. The maximum absolute atomic E-state index is 12.6. The monoisotopic (exact) mass is 384 g/mol. The Labute approximate surface area is 160 Å². The number of carbonyl (C=O) groups excluding carboxylic acids is 1. The number of hydrogen-bond donors (Lipinski definition) is 1. The van der Waals surface area contributed by atoms with Gasteiger partial charge < -0.3 is 9.88 Å². The number of nitrogens with zero attached hydrogens (tertiary/aromatic N) is 3. The summed E-state index contributed by atoms with van der Waals surface area (Å²) in [5, 5.41) is 14.2. The van der Waals surface area contributed by atoms with Gasteiger partial charge in [0, 0.05) is 29.7 Å². The molecule has 0 aliphatic carbocycles. The molecule has 0 bridgehead atoms. The summed E-state index contributed by atoms with van der Waals surface area (Å²) in [5.74, 6) is 0.487. The summed E-state index contributed by atoms with van der Waals surface area (Å²) < 4.78 is 2.23. The molecular formula is C19H17ClN4O3. The van der Waals surface area contributed by atoms with Crippen LogP contribution in [0.25, 0.3) is 11.0 Å². The van der Waals surface area contributed by atoms with Crippen LogP contribution in [-0.4, -0.2) is 20.4 Å². The summed E-state index contributed by atoms with van der Waals surface area (Å²) in [5.41, 5.74) is 2.03. The maximum atomic E-state index is 12.6. The predicted octanol–water partition coefficient (Wildman–Crippen LogP) is 4.58. The molecule has 3 aromatic rings. The number of imidazole rings is 1. The zero-order chi connectivity index (χ0) is 19.0. The summed E-state index contributed by atoms with van der Waals surface area (Å²) in [6.07, 6.45) is 4.42. The van der Waals surface area contributed by atoms with Crippen LogP contribution in [0.5, 0.6) is 0 Å². The highest BCUT2D eigenvalue weighted by Crippen LogP contribution is 2.27. The van der Waals surface area contributed by atoms with Crippen LogP contribution in [0.3, 0.4) is 0 Å². The molecule has 0 atom stereocenters. The number of aromatic nitrogens is 2. The van der Waals surface area contributed by atoms with Gasteiger partial charge in [-0.1, -0.05) is 18.0 Å². The molecule has 1 aliphatic heterocycles. The first-order valence-corrected chi connectivity index (χ1v) is 9.15. The van der Waals surface area contributed by atoms with Crippen molar-refractivity contribution in [2.75, 3.05) is 5.32 Å². The van der Waals surface area contributed by atoms with E-state index in [2.05, 4.69) is 9.88 Å². The van der Waals surface area contributed by atoms with E-state index >= 15 is 0 Å². The molecule has 0 radical (unpaired) electrons. The second kappa shape index (κ2) is 7.00. The molecule has 1 aliphatic rings. The van der Waals surface area contributed by atoms with Gasteiger partial charge in [0.15, 0.2) is 0 Å². The Morgan fingerprint density at radius 1 is 1.19 bits per heavy atom. The second-order valence-corrected chi connectivity index (χ2v) is 7.00. The third-order valence-corrected chi connectivity index (χ3v) is 5.00. The average molecular weight is 385 g/mol. The molecule has 4 rings (SSSR count). The van der Waals surface area contributed by atoms with Crippen LogP contribution in [0.15, 0.2) is 36.4 Å². The molecule has 8 heteroatoms. The smallest absolute Gasteiger partial charge is 0.282 e. The van der Waals surface area contributed by atoms with E-state index in [1.54, 1.807) is 12.1 Å². The van der Waals surface area contributed by atoms with Crippen molar-refractivity contribution >= 4 is 39.9 Å². The molecule has 27 heavy (non-hydrogen) atoms. The van der Waals surface area contributed by atoms with E-state index in [9.17, 15) is 14.9 Å². The lowest BCUT2D eigenvalue weighted by molar-refractivity contribution is -0.385. The van der Waals surface area contributed by atoms with Crippen molar-refractivity contribution < 1.29 is 9.72 Å². The number of aryl methyl sites for hydroxylation is 2. The Balaban J connectivity index is 1.65. The summed E-state index contributed by atoms with van der Waals surface area (Å²) in [4.78, 5) is 27.8. The van der Waals surface area contributed by atoms with Gasteiger partial charge in [-0.15, -0.1) is 0 Å². The summed E-state index contributed by atoms with van der Waals surface area (Å²) in [6.45, 7) is 0.951. The van der Waals surface area contributed by atoms with Crippen LogP contribution in [0.4, 0.5) is 11.4 Å². The molecule has 0 saturated carbocycles. The lowest BCUT2D eigenvalue weighted by atomic mass is 10.1. The van der Waals surface area contributed by atoms with Crippen LogP contribution in [-0.2, 0) is 13.0 Å². The Morgan fingerprint density at radius 3 is 2.85 bits per heavy atom. The third-order valence-electron chi connectivity index (χ3n) is 4.77. The van der Waals surface area contributed by atoms with Gasteiger partial charge in [-0.2, -0.15) is 0 Å². The number of rotatable bonds is 3. The van der Waals surface area contributed by atoms with Crippen LogP contribution in [0, 0.1) is 10.1 Å². The number of amides is 1. The number of anilines is 1. The highest BCUT2D eigenvalue weighted by atomic mass is 35.5. The fourth-order valence-corrected chi connectivity index (χ4v) is 3.65. The fraction of sp³-hybridized carbons (Fsp3) is 0.263. The largest absolute Gasteiger partial charge is 0.328 e. The van der Waals surface area contributed by atoms with Gasteiger partial charge in [0.2, 0.25) is 0 Å². The zero-order valence-electron chi connectivity index (χ0n) is 14.4. The van der Waals surface area contributed by atoms with Crippen LogP contribution < -0.4 is 5.32 Å². The Morgan fingerprint density at radius 2 is 2.04 bits per heavy atom. The molecule has 2 aromatic carbocycles. The minimum absolute atomic E-state index is 0.0757. The van der Waals surface area contributed by atoms with E-state index < -0.39 is 10.8 Å². The molecular weight excluding hydrogens is 368 g/mol. The quantitative estimate of drug-likeness (QED) is 0.528. The van der Waals surface area contributed by atoms with Gasteiger partial charge in [0.25, 0.3) is 11.6 Å². The molecule has 1 amide bonds. The Kier molecular flexibility index (Phi) is 4.53. The van der Waals surface area contributed by atoms with E-state index in [1.807, 2.05) is 6.07 Å². The van der Waals surface area contributed by atoms with Crippen molar-refractivity contribution in [2.24, 2.45) is 0 Å². The van der Waals surface area contributed by atoms with Crippen LogP contribution in [0.1, 0.15) is 35.4 Å². The standard InChI is InChI=1S/C19H17ClN4O3/c20-12-5-7-16(24(26)27)14(10-12)19(25)21-13-6-8-17-15(11-13)22-18-4-2-1-3-9-23(17)18/h5-8,10-11H,1-4,9H2,(H,21,25). The molecule has 7 nitrogen and oxygen atoms in total. The van der Waals surface area contributed by atoms with Gasteiger partial charge >= 0.3 is 0 Å². The van der Waals surface area contributed by atoms with Crippen molar-refractivity contribution in [3.8, 4) is 0 Å². The maximum Gasteiger partial charge on any atom is 0.282 e. The van der Waals surface area contributed by atoms with E-state index in [-0.39, 0.29) is 16.3 Å². The van der Waals surface area contributed by atoms with Crippen molar-refractivity contribution in [3.05, 3.63) is 62.9 Å². The fourth-order valence-electron chi connectivity index (χ4n) is 3.48. The highest BCUT2D eigenvalue weighted by Gasteiger charge is 2.21. The molecule has 1 N–H and O–H groups in total. The van der Waals surface area contributed by atoms with Crippen molar-refractivity contribution in [1.29, 1.82) is 0 Å². The van der Waals surface area contributed by atoms with E-state index in [1.165, 1.54) is 24.6 Å². The molecule has 1 aromatic heterocycles. The van der Waals surface area contributed by atoms with Gasteiger partial charge in [0.1, 0.15) is 11.4 Å². The van der Waals surface area contributed by atoms with Gasteiger partial charge in [-0.05, 0) is 43.2 Å². The lowest BCUT2D eigenvalue weighted by Crippen LogP contribution is -2.14. The summed E-state index contributed by atoms with van der Waals surface area (Å²) in [6, 6.07) is 9.43. The first-order chi connectivity index (χ1) is 13.0. The molecule has 2 heterocycles. The average Bonchev–Trinajstić information content (AvgIpc) is 2.81. The second-order valence-electron chi connectivity index (χ2n) is 6.57. The number of nitrogens with one attached hydrogen (secondary N) is 1. The number of nitro benzene ring substituents is 1. The minimum Gasteiger partial charge on any atom is -0.328 e. The number of hydrogen-bond acceptors (Lipinski definition) is 4. The van der Waals surface area contributed by atoms with Crippen LogP contribution in [0.2, 0.25) is 5.02 Å². The van der Waals surface area contributed by atoms with Gasteiger partial charge in [0.05, 0.1) is 16.0 Å².